The molecule has 0 aliphatic rings. The van der Waals surface area contributed by atoms with Crippen molar-refractivity contribution < 1.29 is 4.74 Å². The Hall–Kier alpha value is -1.36. The highest BCUT2D eigenvalue weighted by atomic mass is 16.5. The summed E-state index contributed by atoms with van der Waals surface area (Å²) in [5, 5.41) is 3.31. The van der Waals surface area contributed by atoms with E-state index in [2.05, 4.69) is 34.0 Å². The molecule has 1 rings (SSSR count). The summed E-state index contributed by atoms with van der Waals surface area (Å²) in [5.41, 5.74) is 0.953. The van der Waals surface area contributed by atoms with Crippen LogP contribution >= 0.6 is 0 Å². The van der Waals surface area contributed by atoms with Crippen molar-refractivity contribution in [2.45, 2.75) is 20.8 Å². The Morgan fingerprint density at radius 3 is 2.59 bits per heavy atom. The smallest absolute Gasteiger partial charge is 0.221 e. The molecule has 0 fully saturated rings. The lowest BCUT2D eigenvalue weighted by Crippen LogP contribution is -2.28. The first-order chi connectivity index (χ1) is 8.22. The van der Waals surface area contributed by atoms with E-state index in [9.17, 15) is 0 Å². The average Bonchev–Trinajstić information content (AvgIpc) is 2.36. The Balaban J connectivity index is 2.52. The first-order valence-electron chi connectivity index (χ1n) is 6.04. The number of nitrogens with one attached hydrogen (secondary N) is 1. The molecule has 0 saturated carbocycles. The third kappa shape index (κ3) is 3.85. The molecule has 1 aromatic heterocycles. The number of likely N-dealkylation sites (N-methyl/N-ethyl adjacent to an activating group) is 1. The van der Waals surface area contributed by atoms with Gasteiger partial charge in [-0.05, 0) is 20.0 Å². The van der Waals surface area contributed by atoms with Gasteiger partial charge in [-0.25, -0.2) is 9.97 Å². The van der Waals surface area contributed by atoms with Crippen LogP contribution in [0.15, 0.2) is 6.33 Å². The van der Waals surface area contributed by atoms with Gasteiger partial charge in [-0.15, -0.1) is 0 Å². The molecular formula is C12H22N4O. The highest BCUT2D eigenvalue weighted by Crippen LogP contribution is 2.19. The third-order valence-corrected chi connectivity index (χ3v) is 2.85. The molecule has 0 aliphatic carbocycles. The van der Waals surface area contributed by atoms with Gasteiger partial charge in [0.25, 0.3) is 0 Å². The normalized spacial score (nSPS) is 10.6. The summed E-state index contributed by atoms with van der Waals surface area (Å²) in [6.07, 6.45) is 1.52. The molecule has 5 heteroatoms. The molecule has 0 aromatic carbocycles. The largest absolute Gasteiger partial charge is 0.481 e. The Bertz CT molecular complexity index is 339. The lowest BCUT2D eigenvalue weighted by atomic mass is 10.3. The molecule has 17 heavy (non-hydrogen) atoms. The van der Waals surface area contributed by atoms with Crippen molar-refractivity contribution in [3.05, 3.63) is 11.9 Å². The Labute approximate surface area is 103 Å². The number of methoxy groups -OCH3 is 1. The molecule has 0 radical (unpaired) electrons. The van der Waals surface area contributed by atoms with Gasteiger partial charge in [0.15, 0.2) is 0 Å². The molecular weight excluding hydrogens is 216 g/mol. The summed E-state index contributed by atoms with van der Waals surface area (Å²) in [4.78, 5) is 10.6. The van der Waals surface area contributed by atoms with Crippen LogP contribution in [-0.4, -0.2) is 48.2 Å². The van der Waals surface area contributed by atoms with Crippen LogP contribution in [-0.2, 0) is 0 Å². The fourth-order valence-corrected chi connectivity index (χ4v) is 1.69. The molecule has 1 heterocycles. The van der Waals surface area contributed by atoms with E-state index in [4.69, 9.17) is 4.74 Å². The number of hydrogen-bond acceptors (Lipinski definition) is 5. The molecule has 5 nitrogen and oxygen atoms in total. The van der Waals surface area contributed by atoms with Gasteiger partial charge in [0.05, 0.1) is 12.7 Å². The van der Waals surface area contributed by atoms with Gasteiger partial charge in [0.2, 0.25) is 5.88 Å². The van der Waals surface area contributed by atoms with Crippen molar-refractivity contribution >= 4 is 5.82 Å². The predicted molar refractivity (Wildman–Crippen MR) is 69.6 cm³/mol. The molecule has 0 unspecified atom stereocenters. The maximum absolute atomic E-state index is 5.15. The monoisotopic (exact) mass is 238 g/mol. The first-order valence-corrected chi connectivity index (χ1v) is 6.04. The second-order valence-electron chi connectivity index (χ2n) is 3.81. The Morgan fingerprint density at radius 2 is 2.00 bits per heavy atom. The van der Waals surface area contributed by atoms with Gasteiger partial charge in [-0.3, -0.25) is 0 Å². The van der Waals surface area contributed by atoms with Gasteiger partial charge < -0.3 is 15.0 Å². The van der Waals surface area contributed by atoms with E-state index in [1.54, 1.807) is 7.11 Å². The minimum Gasteiger partial charge on any atom is -0.481 e. The molecule has 1 N–H and O–H groups in total. The van der Waals surface area contributed by atoms with Gasteiger partial charge in [-0.2, -0.15) is 0 Å². The van der Waals surface area contributed by atoms with E-state index in [0.717, 1.165) is 37.6 Å². The molecule has 0 atom stereocenters. The maximum Gasteiger partial charge on any atom is 0.221 e. The molecule has 1 aromatic rings. The molecule has 0 saturated heterocycles. The predicted octanol–water partition coefficient (Wildman–Crippen LogP) is 1.55. The molecule has 0 bridgehead atoms. The van der Waals surface area contributed by atoms with Crippen molar-refractivity contribution in [1.82, 2.24) is 14.9 Å². The number of aromatic nitrogens is 2. The Morgan fingerprint density at radius 1 is 1.29 bits per heavy atom. The van der Waals surface area contributed by atoms with E-state index in [1.165, 1.54) is 6.33 Å². The van der Waals surface area contributed by atoms with Gasteiger partial charge >= 0.3 is 0 Å². The van der Waals surface area contributed by atoms with Crippen molar-refractivity contribution in [3.8, 4) is 5.88 Å². The summed E-state index contributed by atoms with van der Waals surface area (Å²) < 4.78 is 5.15. The van der Waals surface area contributed by atoms with Gasteiger partial charge in [0, 0.05) is 13.1 Å². The fourth-order valence-electron chi connectivity index (χ4n) is 1.69. The lowest BCUT2D eigenvalue weighted by Gasteiger charge is -2.18. The van der Waals surface area contributed by atoms with Crippen LogP contribution in [0.25, 0.3) is 0 Å². The van der Waals surface area contributed by atoms with Crippen LogP contribution in [0.5, 0.6) is 5.88 Å². The van der Waals surface area contributed by atoms with Crippen molar-refractivity contribution in [1.29, 1.82) is 0 Å². The zero-order valence-corrected chi connectivity index (χ0v) is 11.2. The van der Waals surface area contributed by atoms with E-state index in [0.29, 0.717) is 5.88 Å². The van der Waals surface area contributed by atoms with E-state index in [-0.39, 0.29) is 0 Å². The minimum absolute atomic E-state index is 0.630. The van der Waals surface area contributed by atoms with Crippen LogP contribution in [0, 0.1) is 6.92 Å². The van der Waals surface area contributed by atoms with Crippen LogP contribution in [0.4, 0.5) is 5.82 Å². The summed E-state index contributed by atoms with van der Waals surface area (Å²) in [6.45, 7) is 10.3. The van der Waals surface area contributed by atoms with E-state index < -0.39 is 0 Å². The van der Waals surface area contributed by atoms with E-state index >= 15 is 0 Å². The lowest BCUT2D eigenvalue weighted by molar-refractivity contribution is 0.316. The molecule has 96 valence electrons. The number of nitrogens with zero attached hydrogens (tertiary/aromatic N) is 3. The average molecular weight is 238 g/mol. The zero-order valence-electron chi connectivity index (χ0n) is 11.2. The maximum atomic E-state index is 5.15. The molecule has 0 amide bonds. The first kappa shape index (κ1) is 13.7. The molecule has 0 aliphatic heterocycles. The SMILES string of the molecule is CCN(CC)CCNc1ncnc(OC)c1C. The number of hydrogen-bond donors (Lipinski definition) is 1. The summed E-state index contributed by atoms with van der Waals surface area (Å²) in [5.74, 6) is 1.48. The molecule has 0 spiro atoms. The van der Waals surface area contributed by atoms with Crippen LogP contribution < -0.4 is 10.1 Å². The summed E-state index contributed by atoms with van der Waals surface area (Å²) in [7, 11) is 1.62. The number of rotatable bonds is 7. The zero-order chi connectivity index (χ0) is 12.7. The third-order valence-electron chi connectivity index (χ3n) is 2.85. The van der Waals surface area contributed by atoms with Crippen LogP contribution in [0.1, 0.15) is 19.4 Å². The van der Waals surface area contributed by atoms with Crippen LogP contribution in [0.3, 0.4) is 0 Å². The van der Waals surface area contributed by atoms with Crippen molar-refractivity contribution in [3.63, 3.8) is 0 Å². The minimum atomic E-state index is 0.630. The highest BCUT2D eigenvalue weighted by molar-refractivity contribution is 5.47. The standard InChI is InChI=1S/C12H22N4O/c1-5-16(6-2)8-7-13-11-10(3)12(17-4)15-9-14-11/h9H,5-8H2,1-4H3,(H,13,14,15). The number of ether oxygens (including phenoxy) is 1. The van der Waals surface area contributed by atoms with Crippen molar-refractivity contribution in [2.75, 3.05) is 38.6 Å². The van der Waals surface area contributed by atoms with Gasteiger partial charge in [0.1, 0.15) is 12.1 Å². The fraction of sp³-hybridized carbons (Fsp3) is 0.667. The van der Waals surface area contributed by atoms with Crippen LogP contribution in [0.2, 0.25) is 0 Å². The quantitative estimate of drug-likeness (QED) is 0.781. The summed E-state index contributed by atoms with van der Waals surface area (Å²) >= 11 is 0. The highest BCUT2D eigenvalue weighted by Gasteiger charge is 2.06. The second kappa shape index (κ2) is 7.06. The Kier molecular flexibility index (Phi) is 5.69. The van der Waals surface area contributed by atoms with Crippen molar-refractivity contribution in [2.24, 2.45) is 0 Å². The van der Waals surface area contributed by atoms with Gasteiger partial charge in [-0.1, -0.05) is 13.8 Å². The number of anilines is 1. The summed E-state index contributed by atoms with van der Waals surface area (Å²) in [6, 6.07) is 0. The second-order valence-corrected chi connectivity index (χ2v) is 3.81. The van der Waals surface area contributed by atoms with E-state index in [1.807, 2.05) is 6.92 Å². The topological polar surface area (TPSA) is 50.3 Å².